The zero-order chi connectivity index (χ0) is 49.2. The van der Waals surface area contributed by atoms with Crippen LogP contribution in [0, 0.1) is 11.3 Å². The second-order valence-electron chi connectivity index (χ2n) is 18.3. The van der Waals surface area contributed by atoms with Crippen molar-refractivity contribution < 1.29 is 43.5 Å². The number of hydrazine groups is 1. The number of amides is 5. The van der Waals surface area contributed by atoms with Gasteiger partial charge in [-0.1, -0.05) is 52.2 Å². The number of rotatable bonds is 28. The number of nitrogens with two attached hydrogens (primary N) is 6. The number of hydrogen-bond acceptors (Lipinski definition) is 13. The van der Waals surface area contributed by atoms with Gasteiger partial charge < -0.3 is 55.0 Å². The van der Waals surface area contributed by atoms with Gasteiger partial charge in [-0.05, 0) is 109 Å². The Morgan fingerprint density at radius 3 is 1.85 bits per heavy atom. The van der Waals surface area contributed by atoms with Gasteiger partial charge in [-0.15, -0.1) is 0 Å². The molecule has 0 spiro atoms. The SMILES string of the molecule is CC(C)C[C@H](NC(=O)C(CCCCN)NC(=O)[C@H](CCCN=C(N)N)NN)C(=O)NC(CCC(=O)O)C(=O)C(=O)[C@H](CC(N)=O)NC1(C)CCCCCC/C=C\CCCC(C)(C(N)=O)C1. The second-order valence-corrected chi connectivity index (χ2v) is 18.3. The lowest BCUT2D eigenvalue weighted by Crippen LogP contribution is -2.60. The summed E-state index contributed by atoms with van der Waals surface area (Å²) in [6, 6.07) is -6.56. The number of nitrogens with zero attached hydrogens (tertiary/aromatic N) is 1. The summed E-state index contributed by atoms with van der Waals surface area (Å²) in [5, 5.41) is 20.7. The number of allylic oxidation sites excluding steroid dienone is 2. The molecule has 0 aromatic heterocycles. The lowest BCUT2D eigenvalue weighted by molar-refractivity contribution is -0.142. The van der Waals surface area contributed by atoms with Crippen LogP contribution in [0.4, 0.5) is 0 Å². The third-order valence-corrected chi connectivity index (χ3v) is 11.6. The largest absolute Gasteiger partial charge is 0.481 e. The molecule has 0 fully saturated rings. The summed E-state index contributed by atoms with van der Waals surface area (Å²) in [6.45, 7) is 7.70. The molecule has 0 bridgehead atoms. The van der Waals surface area contributed by atoms with E-state index >= 15 is 0 Å². The zero-order valence-corrected chi connectivity index (χ0v) is 39.1. The van der Waals surface area contributed by atoms with Gasteiger partial charge in [-0.25, -0.2) is 5.43 Å². The Balaban J connectivity index is 3.52. The number of carboxylic acid groups (broad SMARTS) is 1. The van der Waals surface area contributed by atoms with E-state index in [9.17, 15) is 43.5 Å². The minimum absolute atomic E-state index is 0.0473. The van der Waals surface area contributed by atoms with Crippen molar-refractivity contribution in [2.45, 2.75) is 185 Å². The molecule has 0 radical (unpaired) electrons. The Bertz CT molecular complexity index is 1640. The van der Waals surface area contributed by atoms with E-state index in [-0.39, 0.29) is 44.1 Å². The average molecular weight is 921 g/mol. The van der Waals surface area contributed by atoms with Gasteiger partial charge in [-0.3, -0.25) is 49.2 Å². The standard InChI is InChI=1S/C44H80N12O9/c1-28(2)25-33(54-38(62)30(17-12-15-23-45)53-39(63)31(56-50)18-16-24-51-42(48)49)40(64)52-29(19-20-35(58)59)36(60)37(61)32(26-34(46)57)55-44(4)22-14-11-9-7-5-6-8-10-13-21-43(3,27-44)41(47)65/h6,8,28-33,55-56H,5,7,9-27,45,50H2,1-4H3,(H2,46,57)(H2,47,65)(H,52,64)(H,53,63)(H,54,62)(H,58,59)(H4,48,49,51)/b8-6-/t29?,30?,31-,32-,33-,43?,44?/m0/s1. The molecule has 1 aliphatic carbocycles. The van der Waals surface area contributed by atoms with Crippen LogP contribution in [0.2, 0.25) is 0 Å². The summed E-state index contributed by atoms with van der Waals surface area (Å²) >= 11 is 0. The number of aliphatic imine (C=N–C) groups is 1. The molecule has 21 heteroatoms. The van der Waals surface area contributed by atoms with Crippen molar-refractivity contribution in [1.29, 1.82) is 0 Å². The monoisotopic (exact) mass is 921 g/mol. The number of ketones is 2. The maximum absolute atomic E-state index is 14.3. The van der Waals surface area contributed by atoms with E-state index in [4.69, 9.17) is 34.5 Å². The number of carboxylic acids is 1. The second kappa shape index (κ2) is 30.3. The minimum atomic E-state index is -1.69. The van der Waals surface area contributed by atoms with Gasteiger partial charge in [0, 0.05) is 30.3 Å². The van der Waals surface area contributed by atoms with Crippen LogP contribution < -0.4 is 61.2 Å². The van der Waals surface area contributed by atoms with Crippen LogP contribution in [-0.4, -0.2) is 107 Å². The van der Waals surface area contributed by atoms with Crippen LogP contribution >= 0.6 is 0 Å². The number of aliphatic carboxylic acids is 1. The van der Waals surface area contributed by atoms with Crippen molar-refractivity contribution in [3.05, 3.63) is 12.2 Å². The molecule has 0 aromatic rings. The average Bonchev–Trinajstić information content (AvgIpc) is 3.21. The normalized spacial score (nSPS) is 21.2. The molecule has 5 amide bonds. The Hall–Kier alpha value is -4.99. The van der Waals surface area contributed by atoms with E-state index in [1.54, 1.807) is 20.8 Å². The van der Waals surface area contributed by atoms with E-state index in [2.05, 4.69) is 43.8 Å². The minimum Gasteiger partial charge on any atom is -0.481 e. The molecule has 370 valence electrons. The van der Waals surface area contributed by atoms with Gasteiger partial charge in [0.2, 0.25) is 41.1 Å². The first-order valence-corrected chi connectivity index (χ1v) is 23.0. The van der Waals surface area contributed by atoms with Gasteiger partial charge in [-0.2, -0.15) is 0 Å². The predicted octanol–water partition coefficient (Wildman–Crippen LogP) is 0.0591. The van der Waals surface area contributed by atoms with Gasteiger partial charge in [0.25, 0.3) is 0 Å². The summed E-state index contributed by atoms with van der Waals surface area (Å²) in [5.74, 6) is -1.92. The number of carbonyl (C=O) groups excluding carboxylic acids is 7. The van der Waals surface area contributed by atoms with Crippen LogP contribution in [-0.2, 0) is 38.4 Å². The van der Waals surface area contributed by atoms with Crippen molar-refractivity contribution in [3.63, 3.8) is 0 Å². The van der Waals surface area contributed by atoms with Crippen LogP contribution in [0.5, 0.6) is 0 Å². The molecule has 65 heavy (non-hydrogen) atoms. The fourth-order valence-electron chi connectivity index (χ4n) is 8.13. The molecule has 0 aromatic carbocycles. The van der Waals surface area contributed by atoms with Crippen molar-refractivity contribution >= 4 is 53.0 Å². The first kappa shape index (κ1) is 58.0. The summed E-state index contributed by atoms with van der Waals surface area (Å²) in [4.78, 5) is 111. The number of hydrogen-bond donors (Lipinski definition) is 12. The molecule has 0 saturated carbocycles. The van der Waals surface area contributed by atoms with Gasteiger partial charge >= 0.3 is 5.97 Å². The highest BCUT2D eigenvalue weighted by atomic mass is 16.4. The molecule has 1 aliphatic rings. The number of Topliss-reactive ketones (excluding diaryl/α,β-unsaturated/α-hetero) is 2. The Kier molecular flexibility index (Phi) is 27.0. The molecule has 4 unspecified atom stereocenters. The van der Waals surface area contributed by atoms with Crippen molar-refractivity contribution in [2.75, 3.05) is 13.1 Å². The molecular weight excluding hydrogens is 841 g/mol. The van der Waals surface area contributed by atoms with Gasteiger partial charge in [0.15, 0.2) is 5.96 Å². The van der Waals surface area contributed by atoms with E-state index in [0.717, 1.165) is 32.1 Å². The van der Waals surface area contributed by atoms with Crippen LogP contribution in [0.1, 0.15) is 150 Å². The van der Waals surface area contributed by atoms with Crippen LogP contribution in [0.25, 0.3) is 0 Å². The van der Waals surface area contributed by atoms with E-state index in [1.807, 2.05) is 6.92 Å². The molecule has 21 nitrogen and oxygen atoms in total. The molecule has 1 rings (SSSR count). The lowest BCUT2D eigenvalue weighted by atomic mass is 9.71. The Morgan fingerprint density at radius 2 is 1.26 bits per heavy atom. The Morgan fingerprint density at radius 1 is 0.692 bits per heavy atom. The molecule has 18 N–H and O–H groups in total. The summed E-state index contributed by atoms with van der Waals surface area (Å²) in [5.41, 5.74) is 28.5. The molecular formula is C44H80N12O9. The smallest absolute Gasteiger partial charge is 0.303 e. The van der Waals surface area contributed by atoms with Crippen LogP contribution in [0.15, 0.2) is 17.1 Å². The maximum atomic E-state index is 14.3. The van der Waals surface area contributed by atoms with Gasteiger partial charge in [0.05, 0.1) is 18.1 Å². The molecule has 0 saturated heterocycles. The van der Waals surface area contributed by atoms with Crippen molar-refractivity contribution in [1.82, 2.24) is 26.7 Å². The topological polar surface area (TPSA) is 385 Å². The fraction of sp³-hybridized carbons (Fsp3) is 0.750. The third kappa shape index (κ3) is 23.2. The maximum Gasteiger partial charge on any atom is 0.303 e. The molecule has 0 heterocycles. The Labute approximate surface area is 383 Å². The quantitative estimate of drug-likeness (QED) is 0.00939. The number of nitrogens with one attached hydrogen (secondary N) is 5. The van der Waals surface area contributed by atoms with Gasteiger partial charge in [0.1, 0.15) is 12.1 Å². The summed E-state index contributed by atoms with van der Waals surface area (Å²) in [6.07, 6.45) is 11.2. The number of carbonyl (C=O) groups is 8. The molecule has 0 aliphatic heterocycles. The number of unbranched alkanes of at least 4 members (excludes halogenated alkanes) is 1. The van der Waals surface area contributed by atoms with Crippen molar-refractivity contribution in [3.8, 4) is 0 Å². The van der Waals surface area contributed by atoms with Crippen LogP contribution in [0.3, 0.4) is 0 Å². The number of primary amides is 2. The first-order valence-electron chi connectivity index (χ1n) is 23.0. The highest BCUT2D eigenvalue weighted by Crippen LogP contribution is 2.37. The third-order valence-electron chi connectivity index (χ3n) is 11.6. The van der Waals surface area contributed by atoms with E-state index in [0.29, 0.717) is 51.5 Å². The van der Waals surface area contributed by atoms with Crippen molar-refractivity contribution in [2.24, 2.45) is 50.8 Å². The first-order chi connectivity index (χ1) is 30.6. The zero-order valence-electron chi connectivity index (χ0n) is 39.1. The predicted molar refractivity (Wildman–Crippen MR) is 248 cm³/mol. The highest BCUT2D eigenvalue weighted by molar-refractivity contribution is 6.41. The number of guanidine groups is 1. The lowest BCUT2D eigenvalue weighted by Gasteiger charge is -2.41. The highest BCUT2D eigenvalue weighted by Gasteiger charge is 2.43. The summed E-state index contributed by atoms with van der Waals surface area (Å²) in [7, 11) is 0. The van der Waals surface area contributed by atoms with E-state index < -0.39 is 107 Å². The fourth-order valence-corrected chi connectivity index (χ4v) is 8.13. The molecule has 7 atom stereocenters. The summed E-state index contributed by atoms with van der Waals surface area (Å²) < 4.78 is 0. The van der Waals surface area contributed by atoms with E-state index in [1.165, 1.54) is 0 Å².